The summed E-state index contributed by atoms with van der Waals surface area (Å²) >= 11 is 0. The van der Waals surface area contributed by atoms with Crippen molar-refractivity contribution in [3.63, 3.8) is 0 Å². The van der Waals surface area contributed by atoms with Crippen LogP contribution in [0.5, 0.6) is 11.5 Å². The van der Waals surface area contributed by atoms with E-state index in [-0.39, 0.29) is 22.6 Å². The van der Waals surface area contributed by atoms with Crippen LogP contribution in [0.15, 0.2) is 42.5 Å². The predicted molar refractivity (Wildman–Crippen MR) is 104 cm³/mol. The molecule has 146 valence electrons. The number of piperidine rings is 1. The van der Waals surface area contributed by atoms with Crippen LogP contribution in [-0.4, -0.2) is 49.7 Å². The maximum atomic E-state index is 12.9. The van der Waals surface area contributed by atoms with Crippen LogP contribution in [0.1, 0.15) is 50.3 Å². The van der Waals surface area contributed by atoms with E-state index in [4.69, 9.17) is 9.47 Å². The van der Waals surface area contributed by atoms with E-state index in [0.29, 0.717) is 24.6 Å². The Kier molecular flexibility index (Phi) is 6.09. The second-order valence-electron chi connectivity index (χ2n) is 6.63. The molecular formula is C22H23NO5. The van der Waals surface area contributed by atoms with Gasteiger partial charge < -0.3 is 14.4 Å². The normalized spacial score (nSPS) is 13.7. The first-order valence-corrected chi connectivity index (χ1v) is 9.26. The second kappa shape index (κ2) is 8.69. The number of Topliss-reactive ketones (excluding diaryl/α,β-unsaturated/α-hetero) is 2. The van der Waals surface area contributed by atoms with Crippen molar-refractivity contribution in [2.45, 2.75) is 19.3 Å². The Hall–Kier alpha value is -3.15. The monoisotopic (exact) mass is 381 g/mol. The minimum absolute atomic E-state index is 0.123. The van der Waals surface area contributed by atoms with Crippen molar-refractivity contribution in [1.29, 1.82) is 0 Å². The molecule has 6 heteroatoms. The summed E-state index contributed by atoms with van der Waals surface area (Å²) in [4.78, 5) is 40.3. The molecule has 3 rings (SSSR count). The van der Waals surface area contributed by atoms with Gasteiger partial charge in [0.15, 0.2) is 11.5 Å². The Labute approximate surface area is 164 Å². The summed E-state index contributed by atoms with van der Waals surface area (Å²) in [5.41, 5.74) is 0.573. The summed E-state index contributed by atoms with van der Waals surface area (Å²) < 4.78 is 10.4. The van der Waals surface area contributed by atoms with E-state index < -0.39 is 11.6 Å². The lowest BCUT2D eigenvalue weighted by atomic mass is 9.96. The van der Waals surface area contributed by atoms with Crippen LogP contribution in [0.4, 0.5) is 0 Å². The van der Waals surface area contributed by atoms with Gasteiger partial charge in [-0.25, -0.2) is 0 Å². The van der Waals surface area contributed by atoms with Crippen molar-refractivity contribution in [3.8, 4) is 11.5 Å². The number of amides is 1. The first-order valence-electron chi connectivity index (χ1n) is 9.26. The number of hydrogen-bond donors (Lipinski definition) is 0. The number of hydrogen-bond acceptors (Lipinski definition) is 5. The van der Waals surface area contributed by atoms with E-state index in [1.807, 2.05) is 0 Å². The molecule has 0 saturated carbocycles. The molecule has 0 bridgehead atoms. The minimum atomic E-state index is -0.715. The number of carbonyl (C=O) groups is 3. The lowest BCUT2D eigenvalue weighted by Gasteiger charge is -2.27. The van der Waals surface area contributed by atoms with Crippen molar-refractivity contribution < 1.29 is 23.9 Å². The topological polar surface area (TPSA) is 72.9 Å². The number of carbonyl (C=O) groups excluding carboxylic acids is 3. The molecule has 6 nitrogen and oxygen atoms in total. The zero-order chi connectivity index (χ0) is 20.1. The van der Waals surface area contributed by atoms with E-state index >= 15 is 0 Å². The van der Waals surface area contributed by atoms with E-state index in [1.54, 1.807) is 29.2 Å². The van der Waals surface area contributed by atoms with E-state index in [1.165, 1.54) is 32.4 Å². The third-order valence-corrected chi connectivity index (χ3v) is 4.90. The summed E-state index contributed by atoms with van der Waals surface area (Å²) in [5, 5.41) is 0. The Balaban J connectivity index is 1.90. The van der Waals surface area contributed by atoms with Crippen LogP contribution in [0.3, 0.4) is 0 Å². The summed E-state index contributed by atoms with van der Waals surface area (Å²) in [6, 6.07) is 11.0. The zero-order valence-corrected chi connectivity index (χ0v) is 16.1. The zero-order valence-electron chi connectivity index (χ0n) is 16.1. The standard InChI is InChI=1S/C22H23NO5/c1-27-18-11-10-15(14-19(18)28-2)20(24)21(25)16-8-4-5-9-17(16)22(26)23-12-6-3-7-13-23/h4-5,8-11,14H,3,6-7,12-13H2,1-2H3. The molecule has 0 N–H and O–H groups in total. The van der Waals surface area contributed by atoms with Gasteiger partial charge in [-0.15, -0.1) is 0 Å². The molecule has 1 amide bonds. The third-order valence-electron chi connectivity index (χ3n) is 4.90. The van der Waals surface area contributed by atoms with Crippen LogP contribution in [0, 0.1) is 0 Å². The van der Waals surface area contributed by atoms with Gasteiger partial charge in [-0.2, -0.15) is 0 Å². The van der Waals surface area contributed by atoms with Crippen LogP contribution in [0.2, 0.25) is 0 Å². The maximum Gasteiger partial charge on any atom is 0.254 e. The smallest absolute Gasteiger partial charge is 0.254 e. The highest BCUT2D eigenvalue weighted by atomic mass is 16.5. The van der Waals surface area contributed by atoms with Crippen molar-refractivity contribution >= 4 is 17.5 Å². The molecule has 1 heterocycles. The first-order chi connectivity index (χ1) is 13.6. The number of ether oxygens (including phenoxy) is 2. The largest absolute Gasteiger partial charge is 0.493 e. The van der Waals surface area contributed by atoms with Gasteiger partial charge in [0, 0.05) is 24.2 Å². The fraction of sp³-hybridized carbons (Fsp3) is 0.318. The van der Waals surface area contributed by atoms with Crippen molar-refractivity contribution in [3.05, 3.63) is 59.2 Å². The molecule has 1 fully saturated rings. The van der Waals surface area contributed by atoms with Crippen molar-refractivity contribution in [2.24, 2.45) is 0 Å². The number of nitrogens with zero attached hydrogens (tertiary/aromatic N) is 1. The molecular weight excluding hydrogens is 358 g/mol. The van der Waals surface area contributed by atoms with Crippen LogP contribution >= 0.6 is 0 Å². The van der Waals surface area contributed by atoms with Gasteiger partial charge in [-0.1, -0.05) is 18.2 Å². The average Bonchev–Trinajstić information content (AvgIpc) is 2.77. The second-order valence-corrected chi connectivity index (χ2v) is 6.63. The summed E-state index contributed by atoms with van der Waals surface area (Å²) in [6.07, 6.45) is 3.00. The van der Waals surface area contributed by atoms with E-state index in [9.17, 15) is 14.4 Å². The molecule has 0 aliphatic carbocycles. The number of ketones is 2. The van der Waals surface area contributed by atoms with Crippen LogP contribution in [0.25, 0.3) is 0 Å². The quantitative estimate of drug-likeness (QED) is 0.566. The van der Waals surface area contributed by atoms with Gasteiger partial charge in [0.2, 0.25) is 11.6 Å². The molecule has 2 aromatic rings. The SMILES string of the molecule is COc1ccc(C(=O)C(=O)c2ccccc2C(=O)N2CCCCC2)cc1OC. The molecule has 28 heavy (non-hydrogen) atoms. The lowest BCUT2D eigenvalue weighted by Crippen LogP contribution is -2.36. The minimum Gasteiger partial charge on any atom is -0.493 e. The highest BCUT2D eigenvalue weighted by Crippen LogP contribution is 2.28. The van der Waals surface area contributed by atoms with Gasteiger partial charge in [-0.05, 0) is 43.5 Å². The maximum absolute atomic E-state index is 12.9. The molecule has 0 atom stereocenters. The number of benzene rings is 2. The Morgan fingerprint density at radius 2 is 1.43 bits per heavy atom. The van der Waals surface area contributed by atoms with Gasteiger partial charge in [-0.3, -0.25) is 14.4 Å². The molecule has 1 aliphatic heterocycles. The van der Waals surface area contributed by atoms with Crippen molar-refractivity contribution in [1.82, 2.24) is 4.90 Å². The summed E-state index contributed by atoms with van der Waals surface area (Å²) in [7, 11) is 2.95. The Morgan fingerprint density at radius 3 is 2.07 bits per heavy atom. The Bertz CT molecular complexity index is 900. The highest BCUT2D eigenvalue weighted by Gasteiger charge is 2.27. The molecule has 2 aromatic carbocycles. The molecule has 0 aromatic heterocycles. The van der Waals surface area contributed by atoms with Gasteiger partial charge >= 0.3 is 0 Å². The molecule has 0 radical (unpaired) electrons. The molecule has 0 unspecified atom stereocenters. The average molecular weight is 381 g/mol. The van der Waals surface area contributed by atoms with Gasteiger partial charge in [0.25, 0.3) is 5.91 Å². The van der Waals surface area contributed by atoms with Gasteiger partial charge in [0.1, 0.15) is 0 Å². The van der Waals surface area contributed by atoms with E-state index in [2.05, 4.69) is 0 Å². The van der Waals surface area contributed by atoms with Crippen molar-refractivity contribution in [2.75, 3.05) is 27.3 Å². The van der Waals surface area contributed by atoms with E-state index in [0.717, 1.165) is 19.3 Å². The van der Waals surface area contributed by atoms with Gasteiger partial charge in [0.05, 0.1) is 19.8 Å². The Morgan fingerprint density at radius 1 is 0.786 bits per heavy atom. The van der Waals surface area contributed by atoms with Crippen LogP contribution in [-0.2, 0) is 0 Å². The third kappa shape index (κ3) is 3.91. The molecule has 1 saturated heterocycles. The molecule has 1 aliphatic rings. The summed E-state index contributed by atoms with van der Waals surface area (Å²) in [5.74, 6) is -0.789. The fourth-order valence-corrected chi connectivity index (χ4v) is 3.37. The fourth-order valence-electron chi connectivity index (χ4n) is 3.37. The highest BCUT2D eigenvalue weighted by molar-refractivity contribution is 6.50. The molecule has 0 spiro atoms. The number of likely N-dealkylation sites (tertiary alicyclic amines) is 1. The first kappa shape index (κ1) is 19.6. The lowest BCUT2D eigenvalue weighted by molar-refractivity contribution is 0.0718. The summed E-state index contributed by atoms with van der Waals surface area (Å²) in [6.45, 7) is 1.34. The number of methoxy groups -OCH3 is 2. The predicted octanol–water partition coefficient (Wildman–Crippen LogP) is 3.40. The number of rotatable bonds is 6. The van der Waals surface area contributed by atoms with Crippen LogP contribution < -0.4 is 9.47 Å².